The molecule has 0 saturated heterocycles. The first-order chi connectivity index (χ1) is 8.25. The molecule has 0 unspecified atom stereocenters. The molecule has 0 saturated carbocycles. The van der Waals surface area contributed by atoms with E-state index in [0.717, 1.165) is 22.1 Å². The van der Waals surface area contributed by atoms with Gasteiger partial charge in [-0.2, -0.15) is 0 Å². The normalized spacial score (nSPS) is 19.0. The number of carbonyl (C=O) groups is 1. The number of anilines is 1. The Kier molecular flexibility index (Phi) is 4.59. The van der Waals surface area contributed by atoms with Crippen molar-refractivity contribution in [3.63, 3.8) is 0 Å². The highest BCUT2D eigenvalue weighted by molar-refractivity contribution is 14.1. The summed E-state index contributed by atoms with van der Waals surface area (Å²) >= 11 is 2.24. The Bertz CT molecular complexity index is 428. The van der Waals surface area contributed by atoms with Crippen LogP contribution < -0.4 is 5.32 Å². The molecule has 0 aliphatic heterocycles. The highest BCUT2D eigenvalue weighted by Crippen LogP contribution is 2.22. The van der Waals surface area contributed by atoms with E-state index in [2.05, 4.69) is 40.1 Å². The fourth-order valence-electron chi connectivity index (χ4n) is 2.05. The van der Waals surface area contributed by atoms with E-state index in [-0.39, 0.29) is 5.91 Å². The van der Waals surface area contributed by atoms with Crippen molar-refractivity contribution in [3.8, 4) is 0 Å². The molecule has 2 nitrogen and oxygen atoms in total. The van der Waals surface area contributed by atoms with Crippen molar-refractivity contribution in [2.24, 2.45) is 5.92 Å². The maximum absolute atomic E-state index is 11.9. The molecule has 0 aromatic heterocycles. The van der Waals surface area contributed by atoms with Gasteiger partial charge in [-0.25, -0.2) is 0 Å². The molecule has 2 rings (SSSR count). The van der Waals surface area contributed by atoms with E-state index in [9.17, 15) is 4.79 Å². The summed E-state index contributed by atoms with van der Waals surface area (Å²) in [5.74, 6) is 0.538. The first kappa shape index (κ1) is 12.6. The number of amides is 1. The van der Waals surface area contributed by atoms with Crippen LogP contribution in [0.3, 0.4) is 0 Å². The van der Waals surface area contributed by atoms with Gasteiger partial charge < -0.3 is 5.32 Å². The van der Waals surface area contributed by atoms with E-state index >= 15 is 0 Å². The number of hydrogen-bond donors (Lipinski definition) is 1. The van der Waals surface area contributed by atoms with E-state index in [1.807, 2.05) is 24.3 Å². The standard InChI is InChI=1S/C14H16INO/c15-12-8-4-5-9-13(12)16-14(17)10-11-6-2-1-3-7-11/h2,4-6,8-9,11H,1,3,7,10H2,(H,16,17)/t11-/m1/s1. The largest absolute Gasteiger partial charge is 0.325 e. The lowest BCUT2D eigenvalue weighted by Gasteiger charge is -2.16. The molecule has 0 spiro atoms. The van der Waals surface area contributed by atoms with Gasteiger partial charge in [-0.15, -0.1) is 0 Å². The van der Waals surface area contributed by atoms with Crippen LogP contribution in [0, 0.1) is 9.49 Å². The number of para-hydroxylation sites is 1. The van der Waals surface area contributed by atoms with E-state index < -0.39 is 0 Å². The smallest absolute Gasteiger partial charge is 0.224 e. The summed E-state index contributed by atoms with van der Waals surface area (Å²) in [5, 5.41) is 2.98. The molecule has 1 amide bonds. The quantitative estimate of drug-likeness (QED) is 0.654. The van der Waals surface area contributed by atoms with Crippen molar-refractivity contribution < 1.29 is 4.79 Å². The molecular formula is C14H16INO. The molecule has 0 bridgehead atoms. The molecule has 1 atom stereocenters. The van der Waals surface area contributed by atoms with Crippen LogP contribution in [0.2, 0.25) is 0 Å². The maximum atomic E-state index is 11.9. The summed E-state index contributed by atoms with van der Waals surface area (Å²) in [6.45, 7) is 0. The van der Waals surface area contributed by atoms with Crippen LogP contribution in [-0.4, -0.2) is 5.91 Å². The van der Waals surface area contributed by atoms with Gasteiger partial charge in [0.25, 0.3) is 0 Å². The molecule has 1 aliphatic carbocycles. The monoisotopic (exact) mass is 341 g/mol. The SMILES string of the molecule is O=C(C[C@@H]1C=CCCC1)Nc1ccccc1I. The number of carbonyl (C=O) groups excluding carboxylic acids is 1. The summed E-state index contributed by atoms with van der Waals surface area (Å²) in [6, 6.07) is 7.85. The number of halogens is 1. The van der Waals surface area contributed by atoms with E-state index in [4.69, 9.17) is 0 Å². The second-order valence-corrected chi connectivity index (χ2v) is 5.51. The molecule has 3 heteroatoms. The van der Waals surface area contributed by atoms with Crippen LogP contribution in [0.15, 0.2) is 36.4 Å². The first-order valence-corrected chi connectivity index (χ1v) is 7.04. The van der Waals surface area contributed by atoms with Crippen molar-refractivity contribution >= 4 is 34.2 Å². The number of allylic oxidation sites excluding steroid dienone is 2. The van der Waals surface area contributed by atoms with Crippen LogP contribution in [0.1, 0.15) is 25.7 Å². The molecule has 90 valence electrons. The predicted molar refractivity (Wildman–Crippen MR) is 78.9 cm³/mol. The van der Waals surface area contributed by atoms with Gasteiger partial charge in [0.2, 0.25) is 5.91 Å². The Balaban J connectivity index is 1.91. The highest BCUT2D eigenvalue weighted by atomic mass is 127. The third-order valence-electron chi connectivity index (χ3n) is 2.95. The Morgan fingerprint density at radius 2 is 2.24 bits per heavy atom. The lowest BCUT2D eigenvalue weighted by Crippen LogP contribution is -2.17. The summed E-state index contributed by atoms with van der Waals surface area (Å²) < 4.78 is 1.08. The van der Waals surface area contributed by atoms with E-state index in [1.165, 1.54) is 6.42 Å². The second kappa shape index (κ2) is 6.19. The van der Waals surface area contributed by atoms with Gasteiger partial charge in [-0.05, 0) is 59.9 Å². The molecular weight excluding hydrogens is 325 g/mol. The Hall–Kier alpha value is -0.840. The third kappa shape index (κ3) is 3.84. The number of hydrogen-bond acceptors (Lipinski definition) is 1. The lowest BCUT2D eigenvalue weighted by atomic mass is 9.93. The van der Waals surface area contributed by atoms with E-state index in [1.54, 1.807) is 0 Å². The minimum atomic E-state index is 0.116. The molecule has 1 N–H and O–H groups in total. The van der Waals surface area contributed by atoms with Crippen molar-refractivity contribution in [2.45, 2.75) is 25.7 Å². The lowest BCUT2D eigenvalue weighted by molar-refractivity contribution is -0.116. The zero-order valence-electron chi connectivity index (χ0n) is 9.66. The predicted octanol–water partition coefficient (Wildman–Crippen LogP) is 3.98. The second-order valence-electron chi connectivity index (χ2n) is 4.35. The van der Waals surface area contributed by atoms with Crippen molar-refractivity contribution in [1.82, 2.24) is 0 Å². The fraction of sp³-hybridized carbons (Fsp3) is 0.357. The minimum absolute atomic E-state index is 0.116. The zero-order valence-corrected chi connectivity index (χ0v) is 11.8. The van der Waals surface area contributed by atoms with Crippen molar-refractivity contribution in [3.05, 3.63) is 40.0 Å². The maximum Gasteiger partial charge on any atom is 0.224 e. The van der Waals surface area contributed by atoms with Crippen molar-refractivity contribution in [1.29, 1.82) is 0 Å². The van der Waals surface area contributed by atoms with Gasteiger partial charge in [-0.1, -0.05) is 24.3 Å². The molecule has 1 aromatic carbocycles. The van der Waals surface area contributed by atoms with Crippen LogP contribution >= 0.6 is 22.6 Å². The zero-order chi connectivity index (χ0) is 12.1. The summed E-state index contributed by atoms with van der Waals surface area (Å²) in [7, 11) is 0. The molecule has 1 aromatic rings. The number of nitrogens with one attached hydrogen (secondary N) is 1. The van der Waals surface area contributed by atoms with Gasteiger partial charge in [0.05, 0.1) is 5.69 Å². The molecule has 1 aliphatic rings. The topological polar surface area (TPSA) is 29.1 Å². The van der Waals surface area contributed by atoms with Gasteiger partial charge in [0, 0.05) is 9.99 Å². The summed E-state index contributed by atoms with van der Waals surface area (Å²) in [5.41, 5.74) is 0.915. The minimum Gasteiger partial charge on any atom is -0.325 e. The summed E-state index contributed by atoms with van der Waals surface area (Å²) in [6.07, 6.45) is 8.47. The van der Waals surface area contributed by atoms with Crippen LogP contribution in [0.25, 0.3) is 0 Å². The average molecular weight is 341 g/mol. The van der Waals surface area contributed by atoms with Crippen molar-refractivity contribution in [2.75, 3.05) is 5.32 Å². The van der Waals surface area contributed by atoms with Gasteiger partial charge in [0.1, 0.15) is 0 Å². The third-order valence-corrected chi connectivity index (χ3v) is 3.89. The first-order valence-electron chi connectivity index (χ1n) is 5.97. The highest BCUT2D eigenvalue weighted by Gasteiger charge is 2.13. The van der Waals surface area contributed by atoms with Crippen LogP contribution in [0.5, 0.6) is 0 Å². The van der Waals surface area contributed by atoms with Gasteiger partial charge >= 0.3 is 0 Å². The average Bonchev–Trinajstić information content (AvgIpc) is 2.33. The molecule has 0 radical (unpaired) electrons. The van der Waals surface area contributed by atoms with E-state index in [0.29, 0.717) is 12.3 Å². The molecule has 0 fully saturated rings. The number of benzene rings is 1. The Labute approximate surface area is 116 Å². The number of rotatable bonds is 3. The Morgan fingerprint density at radius 1 is 1.41 bits per heavy atom. The fourth-order valence-corrected chi connectivity index (χ4v) is 2.58. The summed E-state index contributed by atoms with van der Waals surface area (Å²) in [4.78, 5) is 11.9. The molecule has 17 heavy (non-hydrogen) atoms. The van der Waals surface area contributed by atoms with Crippen LogP contribution in [-0.2, 0) is 4.79 Å². The molecule has 0 heterocycles. The van der Waals surface area contributed by atoms with Gasteiger partial charge in [-0.3, -0.25) is 4.79 Å². The van der Waals surface area contributed by atoms with Gasteiger partial charge in [0.15, 0.2) is 0 Å². The Morgan fingerprint density at radius 3 is 2.94 bits per heavy atom. The van der Waals surface area contributed by atoms with Crippen LogP contribution in [0.4, 0.5) is 5.69 Å².